The van der Waals surface area contributed by atoms with Crippen molar-refractivity contribution in [2.75, 3.05) is 22.9 Å². The predicted octanol–water partition coefficient (Wildman–Crippen LogP) is 1.61. The highest BCUT2D eigenvalue weighted by atomic mass is 14.6. The zero-order chi connectivity index (χ0) is 12.4. The van der Waals surface area contributed by atoms with Crippen LogP contribution >= 0.6 is 0 Å². The summed E-state index contributed by atoms with van der Waals surface area (Å²) in [5.74, 6) is 0. The fraction of sp³-hybridized carbons (Fsp3) is 0.0769. The molecule has 0 saturated carbocycles. The van der Waals surface area contributed by atoms with Gasteiger partial charge in [-0.2, -0.15) is 0 Å². The van der Waals surface area contributed by atoms with Crippen LogP contribution in [0.2, 0.25) is 0 Å². The van der Waals surface area contributed by atoms with E-state index in [0.29, 0.717) is 29.2 Å². The minimum Gasteiger partial charge on any atom is -0.399 e. The molecule has 2 aromatic carbocycles. The number of benzene rings is 2. The Bertz CT molecular complexity index is 500. The van der Waals surface area contributed by atoms with E-state index in [9.17, 15) is 0 Å². The number of hydrogen-bond donors (Lipinski definition) is 4. The topological polar surface area (TPSA) is 104 Å². The first-order chi connectivity index (χ1) is 8.06. The molecule has 0 atom stereocenters. The van der Waals surface area contributed by atoms with Crippen molar-refractivity contribution < 1.29 is 0 Å². The third-order valence-corrected chi connectivity index (χ3v) is 2.72. The van der Waals surface area contributed by atoms with Crippen LogP contribution in [0.15, 0.2) is 36.4 Å². The van der Waals surface area contributed by atoms with Crippen LogP contribution in [-0.4, -0.2) is 0 Å². The molecule has 0 aromatic heterocycles. The Morgan fingerprint density at radius 1 is 0.647 bits per heavy atom. The average molecular weight is 228 g/mol. The number of nitrogens with two attached hydrogens (primary N) is 4. The zero-order valence-corrected chi connectivity index (χ0v) is 9.48. The summed E-state index contributed by atoms with van der Waals surface area (Å²) in [6.07, 6.45) is 0.679. The lowest BCUT2D eigenvalue weighted by Crippen LogP contribution is -2.01. The van der Waals surface area contributed by atoms with Gasteiger partial charge in [0.25, 0.3) is 0 Å². The van der Waals surface area contributed by atoms with Gasteiger partial charge in [-0.05, 0) is 35.4 Å². The number of anilines is 4. The highest BCUT2D eigenvalue weighted by Gasteiger charge is 2.04. The lowest BCUT2D eigenvalue weighted by atomic mass is 10.0. The molecule has 8 N–H and O–H groups in total. The molecule has 0 spiro atoms. The Morgan fingerprint density at radius 2 is 1.06 bits per heavy atom. The van der Waals surface area contributed by atoms with Gasteiger partial charge in [0, 0.05) is 29.2 Å². The molecular weight excluding hydrogens is 212 g/mol. The molecule has 0 aliphatic carbocycles. The average Bonchev–Trinajstić information content (AvgIpc) is 2.25. The Morgan fingerprint density at radius 3 is 1.41 bits per heavy atom. The third kappa shape index (κ3) is 2.42. The fourth-order valence-electron chi connectivity index (χ4n) is 1.75. The van der Waals surface area contributed by atoms with Crippen LogP contribution in [0.4, 0.5) is 22.7 Å². The summed E-state index contributed by atoms with van der Waals surface area (Å²) in [6.45, 7) is 0. The standard InChI is InChI=1S/C13H16N4/c14-10-3-1-8(12(16)6-10)5-9-2-4-11(15)7-13(9)17/h1-4,6-7H,5,14-17H2. The molecule has 0 aliphatic heterocycles. The molecule has 0 heterocycles. The van der Waals surface area contributed by atoms with Crippen molar-refractivity contribution in [3.05, 3.63) is 47.5 Å². The third-order valence-electron chi connectivity index (χ3n) is 2.72. The Hall–Kier alpha value is -2.36. The lowest BCUT2D eigenvalue weighted by molar-refractivity contribution is 1.20. The first-order valence-electron chi connectivity index (χ1n) is 5.34. The SMILES string of the molecule is Nc1ccc(Cc2ccc(N)cc2N)c(N)c1. The van der Waals surface area contributed by atoms with Gasteiger partial charge in [-0.25, -0.2) is 0 Å². The Kier molecular flexibility index (Phi) is 2.78. The Labute approximate surface area is 100 Å². The van der Waals surface area contributed by atoms with Crippen LogP contribution in [-0.2, 0) is 6.42 Å². The number of hydrogen-bond acceptors (Lipinski definition) is 4. The summed E-state index contributed by atoms with van der Waals surface area (Å²) in [5, 5.41) is 0. The van der Waals surface area contributed by atoms with Crippen LogP contribution < -0.4 is 22.9 Å². The van der Waals surface area contributed by atoms with Crippen molar-refractivity contribution in [2.45, 2.75) is 6.42 Å². The molecule has 0 bridgehead atoms. The highest BCUT2D eigenvalue weighted by molar-refractivity contribution is 5.62. The summed E-state index contributed by atoms with van der Waals surface area (Å²) in [7, 11) is 0. The van der Waals surface area contributed by atoms with Crippen LogP contribution in [0.5, 0.6) is 0 Å². The summed E-state index contributed by atoms with van der Waals surface area (Å²) in [4.78, 5) is 0. The molecule has 4 heteroatoms. The van der Waals surface area contributed by atoms with E-state index in [1.165, 1.54) is 0 Å². The molecule has 17 heavy (non-hydrogen) atoms. The van der Waals surface area contributed by atoms with Gasteiger partial charge in [0.05, 0.1) is 0 Å². The zero-order valence-electron chi connectivity index (χ0n) is 9.48. The van der Waals surface area contributed by atoms with Gasteiger partial charge in [0.15, 0.2) is 0 Å². The minimum atomic E-state index is 0.663. The van der Waals surface area contributed by atoms with E-state index in [-0.39, 0.29) is 0 Å². The summed E-state index contributed by atoms with van der Waals surface area (Å²) in [6, 6.07) is 11.0. The quantitative estimate of drug-likeness (QED) is 0.586. The van der Waals surface area contributed by atoms with Crippen molar-refractivity contribution in [1.29, 1.82) is 0 Å². The second-order valence-electron chi connectivity index (χ2n) is 4.09. The van der Waals surface area contributed by atoms with Gasteiger partial charge in [0.2, 0.25) is 0 Å². The van der Waals surface area contributed by atoms with Crippen molar-refractivity contribution in [1.82, 2.24) is 0 Å². The molecule has 2 rings (SSSR count). The molecule has 0 aliphatic rings. The van der Waals surface area contributed by atoms with Gasteiger partial charge >= 0.3 is 0 Å². The first kappa shape index (κ1) is 11.1. The van der Waals surface area contributed by atoms with Crippen molar-refractivity contribution in [3.8, 4) is 0 Å². The molecule has 0 fully saturated rings. The van der Waals surface area contributed by atoms with E-state index in [1.54, 1.807) is 12.1 Å². The minimum absolute atomic E-state index is 0.663. The summed E-state index contributed by atoms with van der Waals surface area (Å²) < 4.78 is 0. The summed E-state index contributed by atoms with van der Waals surface area (Å²) in [5.41, 5.74) is 27.8. The smallest absolute Gasteiger partial charge is 0.0370 e. The molecule has 2 aromatic rings. The van der Waals surface area contributed by atoms with Crippen LogP contribution in [0.3, 0.4) is 0 Å². The summed E-state index contributed by atoms with van der Waals surface area (Å²) >= 11 is 0. The molecule has 4 nitrogen and oxygen atoms in total. The van der Waals surface area contributed by atoms with E-state index in [2.05, 4.69) is 0 Å². The van der Waals surface area contributed by atoms with E-state index in [0.717, 1.165) is 11.1 Å². The fourth-order valence-corrected chi connectivity index (χ4v) is 1.75. The van der Waals surface area contributed by atoms with Gasteiger partial charge in [0.1, 0.15) is 0 Å². The maximum atomic E-state index is 5.90. The molecule has 0 amide bonds. The van der Waals surface area contributed by atoms with Gasteiger partial charge in [-0.15, -0.1) is 0 Å². The lowest BCUT2D eigenvalue weighted by Gasteiger charge is -2.09. The molecule has 0 radical (unpaired) electrons. The van der Waals surface area contributed by atoms with Gasteiger partial charge < -0.3 is 22.9 Å². The largest absolute Gasteiger partial charge is 0.399 e. The van der Waals surface area contributed by atoms with Gasteiger partial charge in [-0.1, -0.05) is 12.1 Å². The maximum absolute atomic E-state index is 5.90. The van der Waals surface area contributed by atoms with Crippen molar-refractivity contribution in [2.24, 2.45) is 0 Å². The highest BCUT2D eigenvalue weighted by Crippen LogP contribution is 2.23. The molecule has 88 valence electrons. The number of rotatable bonds is 2. The van der Waals surface area contributed by atoms with Crippen LogP contribution in [0, 0.1) is 0 Å². The van der Waals surface area contributed by atoms with Gasteiger partial charge in [-0.3, -0.25) is 0 Å². The van der Waals surface area contributed by atoms with Crippen molar-refractivity contribution >= 4 is 22.7 Å². The molecule has 0 unspecified atom stereocenters. The van der Waals surface area contributed by atoms with Crippen molar-refractivity contribution in [3.63, 3.8) is 0 Å². The van der Waals surface area contributed by atoms with E-state index in [1.807, 2.05) is 24.3 Å². The first-order valence-corrected chi connectivity index (χ1v) is 5.34. The molecular formula is C13H16N4. The van der Waals surface area contributed by atoms with Crippen LogP contribution in [0.1, 0.15) is 11.1 Å². The van der Waals surface area contributed by atoms with Crippen LogP contribution in [0.25, 0.3) is 0 Å². The predicted molar refractivity (Wildman–Crippen MR) is 73.3 cm³/mol. The second-order valence-corrected chi connectivity index (χ2v) is 4.09. The normalized spacial score (nSPS) is 10.4. The maximum Gasteiger partial charge on any atom is 0.0370 e. The monoisotopic (exact) mass is 228 g/mol. The number of nitrogen functional groups attached to an aromatic ring is 4. The van der Waals surface area contributed by atoms with E-state index < -0.39 is 0 Å². The Balaban J connectivity index is 2.31. The van der Waals surface area contributed by atoms with E-state index >= 15 is 0 Å². The van der Waals surface area contributed by atoms with E-state index in [4.69, 9.17) is 22.9 Å². The molecule has 0 saturated heterocycles. The second kappa shape index (κ2) is 4.25.